The summed E-state index contributed by atoms with van der Waals surface area (Å²) in [6.07, 6.45) is -1.12. The van der Waals surface area contributed by atoms with E-state index in [-0.39, 0.29) is 6.42 Å². The van der Waals surface area contributed by atoms with Gasteiger partial charge in [0.2, 0.25) is 0 Å². The van der Waals surface area contributed by atoms with E-state index in [1.54, 1.807) is 0 Å². The van der Waals surface area contributed by atoms with Crippen LogP contribution in [0.2, 0.25) is 0 Å². The van der Waals surface area contributed by atoms with Crippen LogP contribution in [0.4, 0.5) is 19.4 Å². The highest BCUT2D eigenvalue weighted by Crippen LogP contribution is 2.65. The highest BCUT2D eigenvalue weighted by atomic mass is 79.9. The van der Waals surface area contributed by atoms with Gasteiger partial charge in [-0.3, -0.25) is 4.79 Å². The van der Waals surface area contributed by atoms with Crippen molar-refractivity contribution in [3.8, 4) is 0 Å². The molecule has 1 atom stereocenters. The van der Waals surface area contributed by atoms with E-state index in [0.717, 1.165) is 0 Å². The Morgan fingerprint density at radius 3 is 1.90 bits per heavy atom. The Morgan fingerprint density at radius 1 is 1.15 bits per heavy atom. The molecule has 0 aromatic heterocycles. The van der Waals surface area contributed by atoms with Gasteiger partial charge in [-0.25, -0.2) is 0 Å². The highest BCUT2D eigenvalue weighted by molar-refractivity contribution is 9.06. The Balaban J connectivity index is 5.81. The summed E-state index contributed by atoms with van der Waals surface area (Å²) in [5, 5.41) is -1.43. The maximum atomic E-state index is 13.3. The molecule has 0 rings (SSSR count). The molecule has 0 aliphatic heterocycles. The number of carbonyl (C=O) groups is 1. The van der Waals surface area contributed by atoms with Crippen molar-refractivity contribution in [3.63, 3.8) is 0 Å². The molecule has 0 aliphatic carbocycles. The molecule has 0 spiro atoms. The molecule has 20 heavy (non-hydrogen) atoms. The number of hydrogen-bond donors (Lipinski definition) is 0. The van der Waals surface area contributed by atoms with Crippen molar-refractivity contribution in [1.82, 2.24) is 0 Å². The van der Waals surface area contributed by atoms with Gasteiger partial charge in [0.05, 0.1) is 72.4 Å². The fraction of sp³-hybridized carbons (Fsp3) is 0.857. The molecule has 120 valence electrons. The monoisotopic (exact) mass is 458 g/mol. The summed E-state index contributed by atoms with van der Waals surface area (Å²) in [4.78, 5) is 11.2. The molecule has 0 saturated heterocycles. The molecule has 0 N–H and O–H groups in total. The van der Waals surface area contributed by atoms with Gasteiger partial charge in [0.1, 0.15) is 0 Å². The molecule has 1 unspecified atom stereocenters. The lowest BCUT2D eigenvalue weighted by atomic mass is 10.1. The van der Waals surface area contributed by atoms with Crippen LogP contribution in [0, 0.1) is 0 Å². The van der Waals surface area contributed by atoms with Crippen molar-refractivity contribution in [1.29, 1.82) is 0 Å². The third kappa shape index (κ3) is 4.21. The summed E-state index contributed by atoms with van der Waals surface area (Å²) in [7, 11) is 0. The van der Waals surface area contributed by atoms with E-state index in [0.29, 0.717) is 0 Å². The van der Waals surface area contributed by atoms with Crippen LogP contribution in [0.1, 0.15) is 19.8 Å². The zero-order chi connectivity index (χ0) is 15.8. The third-order valence-electron chi connectivity index (χ3n) is 2.37. The number of halogens is 6. The Kier molecular flexibility index (Phi) is 10.9. The topological polar surface area (TPSA) is 26.3 Å². The molecule has 0 aliphatic rings. The summed E-state index contributed by atoms with van der Waals surface area (Å²) in [5.74, 6) is -1.15. The Hall–Kier alpha value is 1.35. The number of hydrogen-bond acceptors (Lipinski definition) is 7. The summed E-state index contributed by atoms with van der Waals surface area (Å²) >= 11 is -1.10. The molecular formula is C7H8BrF5O2S5. The first-order valence-electron chi connectivity index (χ1n) is 4.75. The standard InChI is InChI=1S/C7H8BrF5O2S5/c1-2-4(16-9)7(19-12,20-13)6(17-10,18-11)3-5(14)15-8/h4H,2-3H2,1H3. The average Bonchev–Trinajstić information content (AvgIpc) is 2.50. The molecular weight excluding hydrogens is 451 g/mol. The van der Waals surface area contributed by atoms with Gasteiger partial charge in [0.25, 0.3) is 0 Å². The maximum absolute atomic E-state index is 13.3. The van der Waals surface area contributed by atoms with Crippen LogP contribution in [0.15, 0.2) is 0 Å². The number of rotatable bonds is 10. The largest absolute Gasteiger partial charge is 0.383 e. The SMILES string of the molecule is CCC(SF)C(SF)(SF)C(CC(=O)OBr)(SF)SF. The minimum Gasteiger partial charge on any atom is -0.383 e. The van der Waals surface area contributed by atoms with E-state index in [4.69, 9.17) is 0 Å². The predicted molar refractivity (Wildman–Crippen MR) is 82.7 cm³/mol. The van der Waals surface area contributed by atoms with Crippen LogP contribution < -0.4 is 0 Å². The van der Waals surface area contributed by atoms with Gasteiger partial charge in [0.15, 0.2) is 24.4 Å². The lowest BCUT2D eigenvalue weighted by molar-refractivity contribution is -0.132. The Bertz CT molecular complexity index is 303. The molecule has 0 heterocycles. The first-order valence-corrected chi connectivity index (χ1v) is 9.04. The Morgan fingerprint density at radius 2 is 1.65 bits per heavy atom. The minimum absolute atomic E-state index is 0.110. The fourth-order valence-electron chi connectivity index (χ4n) is 1.38. The van der Waals surface area contributed by atoms with Gasteiger partial charge in [-0.2, -0.15) is 19.4 Å². The molecule has 0 fully saturated rings. The molecule has 0 aromatic rings. The van der Waals surface area contributed by atoms with E-state index < -0.39 is 86.5 Å². The van der Waals surface area contributed by atoms with E-state index in [9.17, 15) is 24.2 Å². The van der Waals surface area contributed by atoms with Gasteiger partial charge < -0.3 is 3.83 Å². The highest BCUT2D eigenvalue weighted by Gasteiger charge is 2.64. The summed E-state index contributed by atoms with van der Waals surface area (Å²) in [5.41, 5.74) is 0. The minimum atomic E-state index is -2.55. The Labute approximate surface area is 143 Å². The zero-order valence-corrected chi connectivity index (χ0v) is 15.3. The first kappa shape index (κ1) is 21.3. The second-order valence-corrected chi connectivity index (χ2v) is 8.23. The van der Waals surface area contributed by atoms with Crippen LogP contribution >= 0.6 is 77.0 Å². The lowest BCUT2D eigenvalue weighted by Gasteiger charge is -2.41. The van der Waals surface area contributed by atoms with Crippen LogP contribution in [0.5, 0.6) is 0 Å². The van der Waals surface area contributed by atoms with Crippen molar-refractivity contribution in [2.75, 3.05) is 0 Å². The molecule has 0 amide bonds. The second kappa shape index (κ2) is 10.2. The third-order valence-corrected chi connectivity index (χ3v) is 8.36. The average molecular weight is 459 g/mol. The summed E-state index contributed by atoms with van der Waals surface area (Å²) in [6, 6.07) is 0. The van der Waals surface area contributed by atoms with Crippen LogP contribution in [0.3, 0.4) is 0 Å². The molecule has 0 radical (unpaired) electrons. The zero-order valence-electron chi connectivity index (χ0n) is 9.62. The van der Waals surface area contributed by atoms with Crippen molar-refractivity contribution in [3.05, 3.63) is 0 Å². The maximum Gasteiger partial charge on any atom is 0.319 e. The lowest BCUT2D eigenvalue weighted by Crippen LogP contribution is -2.50. The first-order chi connectivity index (χ1) is 9.47. The molecule has 13 heteroatoms. The second-order valence-electron chi connectivity index (χ2n) is 3.34. The van der Waals surface area contributed by atoms with Crippen LogP contribution in [-0.2, 0) is 8.62 Å². The van der Waals surface area contributed by atoms with Gasteiger partial charge in [-0.15, -0.1) is 0 Å². The van der Waals surface area contributed by atoms with Crippen molar-refractivity contribution in [2.45, 2.75) is 33.2 Å². The summed E-state index contributed by atoms with van der Waals surface area (Å²) in [6.45, 7) is 1.40. The van der Waals surface area contributed by atoms with E-state index in [1.807, 2.05) is 0 Å². The van der Waals surface area contributed by atoms with Crippen molar-refractivity contribution < 1.29 is 28.1 Å². The number of carbonyl (C=O) groups excluding carboxylic acids is 1. The fourth-order valence-corrected chi connectivity index (χ4v) is 5.23. The quantitative estimate of drug-likeness (QED) is 0.272. The predicted octanol–water partition coefficient (Wildman–Crippen LogP) is 6.49. The normalized spacial score (nSPS) is 14.2. The van der Waals surface area contributed by atoms with Gasteiger partial charge in [-0.1, -0.05) is 6.92 Å². The van der Waals surface area contributed by atoms with Crippen molar-refractivity contribution in [2.24, 2.45) is 0 Å². The van der Waals surface area contributed by atoms with E-state index in [2.05, 4.69) is 20.1 Å². The van der Waals surface area contributed by atoms with Crippen molar-refractivity contribution >= 4 is 83.0 Å². The molecule has 0 bridgehead atoms. The molecule has 0 aromatic carbocycles. The van der Waals surface area contributed by atoms with Crippen LogP contribution in [-0.4, -0.2) is 19.4 Å². The van der Waals surface area contributed by atoms with Gasteiger partial charge in [0, 0.05) is 0 Å². The van der Waals surface area contributed by atoms with Crippen LogP contribution in [0.25, 0.3) is 0 Å². The summed E-state index contributed by atoms with van der Waals surface area (Å²) < 4.78 is 65.1. The van der Waals surface area contributed by atoms with E-state index >= 15 is 0 Å². The van der Waals surface area contributed by atoms with E-state index in [1.165, 1.54) is 6.92 Å². The molecule has 0 saturated carbocycles. The molecule has 2 nitrogen and oxygen atoms in total. The van der Waals surface area contributed by atoms with Gasteiger partial charge >= 0.3 is 5.97 Å². The smallest absolute Gasteiger partial charge is 0.319 e. The van der Waals surface area contributed by atoms with Gasteiger partial charge in [-0.05, 0) is 6.42 Å².